The Hall–Kier alpha value is -2.19. The fourth-order valence-corrected chi connectivity index (χ4v) is 9.53. The van der Waals surface area contributed by atoms with E-state index in [1.54, 1.807) is 6.26 Å². The average molecular weight is 559 g/mol. The lowest BCUT2D eigenvalue weighted by molar-refractivity contribution is -0.255. The van der Waals surface area contributed by atoms with Crippen LogP contribution in [0.2, 0.25) is 0 Å². The van der Waals surface area contributed by atoms with Crippen LogP contribution in [0.1, 0.15) is 122 Å². The molecule has 40 heavy (non-hydrogen) atoms. The van der Waals surface area contributed by atoms with Crippen LogP contribution in [-0.2, 0) is 14.3 Å². The second-order valence-electron chi connectivity index (χ2n) is 13.7. The molecule has 4 saturated carbocycles. The average Bonchev–Trinajstić information content (AvgIpc) is 3.18. The lowest BCUT2D eigenvalue weighted by Crippen LogP contribution is -2.67. The second kappa shape index (κ2) is 10.9. The molecule has 4 fully saturated rings. The van der Waals surface area contributed by atoms with Crippen molar-refractivity contribution in [1.82, 2.24) is 0 Å². The molecule has 222 valence electrons. The standard InChI is InChI=1S/C32H46O8/c1-29-15-11-22(40-28(36)8-6-4-3-5-7-26(33)34)19-31(29,37)17-13-25-24(29)12-16-30(2)23(14-18-32(25,30)38)21-9-10-27(35)39-20-21/h9-10,20,22-25,37-38H,3-8,11-19H2,1-2H3,(H,33,34). The van der Waals surface area contributed by atoms with Crippen molar-refractivity contribution in [2.24, 2.45) is 22.7 Å². The number of carboxylic acids is 1. The highest BCUT2D eigenvalue weighted by Crippen LogP contribution is 2.71. The number of ether oxygens (including phenoxy) is 1. The first kappa shape index (κ1) is 29.3. The monoisotopic (exact) mass is 558 g/mol. The van der Waals surface area contributed by atoms with Gasteiger partial charge >= 0.3 is 17.6 Å². The molecule has 1 heterocycles. The maximum absolute atomic E-state index is 12.5. The van der Waals surface area contributed by atoms with Gasteiger partial charge in [0, 0.05) is 30.7 Å². The number of aliphatic hydroxyl groups is 2. The highest BCUT2D eigenvalue weighted by Gasteiger charge is 2.70. The van der Waals surface area contributed by atoms with Gasteiger partial charge < -0.3 is 24.5 Å². The maximum Gasteiger partial charge on any atom is 0.335 e. The summed E-state index contributed by atoms with van der Waals surface area (Å²) in [5.41, 5.74) is -1.82. The Balaban J connectivity index is 1.22. The van der Waals surface area contributed by atoms with Gasteiger partial charge in [0.15, 0.2) is 0 Å². The van der Waals surface area contributed by atoms with E-state index in [1.165, 1.54) is 6.07 Å². The van der Waals surface area contributed by atoms with Gasteiger partial charge in [0.05, 0.1) is 17.5 Å². The van der Waals surface area contributed by atoms with Crippen molar-refractivity contribution >= 4 is 11.9 Å². The van der Waals surface area contributed by atoms with Crippen molar-refractivity contribution < 1.29 is 34.1 Å². The molecule has 0 aliphatic heterocycles. The molecule has 5 rings (SSSR count). The number of fused-ring (bicyclic) bond motifs is 5. The van der Waals surface area contributed by atoms with Gasteiger partial charge in [-0.15, -0.1) is 0 Å². The number of esters is 1. The topological polar surface area (TPSA) is 134 Å². The van der Waals surface area contributed by atoms with E-state index in [-0.39, 0.29) is 52.7 Å². The number of unbranched alkanes of at least 4 members (excludes halogenated alkanes) is 3. The first-order chi connectivity index (χ1) is 18.9. The Morgan fingerprint density at radius 3 is 2.30 bits per heavy atom. The Labute approximate surface area is 236 Å². The summed E-state index contributed by atoms with van der Waals surface area (Å²) in [7, 11) is 0. The van der Waals surface area contributed by atoms with Crippen LogP contribution < -0.4 is 5.63 Å². The third-order valence-corrected chi connectivity index (χ3v) is 11.9. The van der Waals surface area contributed by atoms with Gasteiger partial charge in [-0.25, -0.2) is 4.79 Å². The molecule has 0 aromatic carbocycles. The highest BCUT2D eigenvalue weighted by molar-refractivity contribution is 5.69. The predicted molar refractivity (Wildman–Crippen MR) is 148 cm³/mol. The molecule has 8 heteroatoms. The van der Waals surface area contributed by atoms with Gasteiger partial charge in [-0.05, 0) is 99.0 Å². The third kappa shape index (κ3) is 4.93. The summed E-state index contributed by atoms with van der Waals surface area (Å²) in [6.07, 6.45) is 11.3. The van der Waals surface area contributed by atoms with E-state index in [1.807, 2.05) is 6.07 Å². The molecule has 8 nitrogen and oxygen atoms in total. The summed E-state index contributed by atoms with van der Waals surface area (Å²) in [4.78, 5) is 34.7. The van der Waals surface area contributed by atoms with Crippen molar-refractivity contribution in [2.75, 3.05) is 0 Å². The minimum atomic E-state index is -0.931. The molecule has 0 bridgehead atoms. The summed E-state index contributed by atoms with van der Waals surface area (Å²) >= 11 is 0. The van der Waals surface area contributed by atoms with Gasteiger partial charge in [0.1, 0.15) is 6.10 Å². The van der Waals surface area contributed by atoms with Crippen LogP contribution in [0.15, 0.2) is 27.6 Å². The summed E-state index contributed by atoms with van der Waals surface area (Å²) in [6, 6.07) is 3.32. The zero-order valence-corrected chi connectivity index (χ0v) is 24.0. The van der Waals surface area contributed by atoms with Crippen LogP contribution in [0.3, 0.4) is 0 Å². The Bertz CT molecular complexity index is 1140. The van der Waals surface area contributed by atoms with Crippen LogP contribution in [0.4, 0.5) is 0 Å². The van der Waals surface area contributed by atoms with E-state index in [4.69, 9.17) is 14.3 Å². The SMILES string of the molecule is CC12CCC(OC(=O)CCCCCCC(=O)O)CC1(O)CCC1C2CCC2(C)C(c3ccc(=O)oc3)CCC12O. The highest BCUT2D eigenvalue weighted by atomic mass is 16.5. The smallest absolute Gasteiger partial charge is 0.335 e. The maximum atomic E-state index is 12.5. The normalized spacial score (nSPS) is 40.5. The number of carboxylic acid groups (broad SMARTS) is 1. The van der Waals surface area contributed by atoms with Crippen molar-refractivity contribution in [3.63, 3.8) is 0 Å². The second-order valence-corrected chi connectivity index (χ2v) is 13.7. The molecule has 4 aliphatic carbocycles. The third-order valence-electron chi connectivity index (χ3n) is 11.9. The number of carbonyl (C=O) groups excluding carboxylic acids is 1. The largest absolute Gasteiger partial charge is 0.481 e. The van der Waals surface area contributed by atoms with E-state index < -0.39 is 17.2 Å². The number of rotatable bonds is 9. The van der Waals surface area contributed by atoms with Crippen LogP contribution >= 0.6 is 0 Å². The van der Waals surface area contributed by atoms with E-state index in [9.17, 15) is 24.6 Å². The van der Waals surface area contributed by atoms with Gasteiger partial charge in [-0.3, -0.25) is 9.59 Å². The molecule has 0 amide bonds. The van der Waals surface area contributed by atoms with Crippen molar-refractivity contribution in [3.8, 4) is 0 Å². The molecule has 0 saturated heterocycles. The van der Waals surface area contributed by atoms with Crippen LogP contribution in [0, 0.1) is 22.7 Å². The molecule has 0 spiro atoms. The lowest BCUT2D eigenvalue weighted by Gasteiger charge is -2.66. The summed E-state index contributed by atoms with van der Waals surface area (Å²) in [5, 5.41) is 33.2. The van der Waals surface area contributed by atoms with Gasteiger partial charge in [0.25, 0.3) is 0 Å². The van der Waals surface area contributed by atoms with Crippen molar-refractivity contribution in [3.05, 3.63) is 34.4 Å². The van der Waals surface area contributed by atoms with Crippen LogP contribution in [0.25, 0.3) is 0 Å². The number of hydrogen-bond acceptors (Lipinski definition) is 7. The first-order valence-corrected chi connectivity index (χ1v) is 15.4. The molecule has 1 aromatic rings. The minimum Gasteiger partial charge on any atom is -0.481 e. The Kier molecular flexibility index (Phi) is 7.99. The zero-order chi connectivity index (χ0) is 28.8. The lowest BCUT2D eigenvalue weighted by atomic mass is 9.42. The summed E-state index contributed by atoms with van der Waals surface area (Å²) in [5.74, 6) is -0.607. The quantitative estimate of drug-likeness (QED) is 0.273. The minimum absolute atomic E-state index is 0.0949. The zero-order valence-electron chi connectivity index (χ0n) is 24.0. The molecular formula is C32H46O8. The van der Waals surface area contributed by atoms with E-state index in [2.05, 4.69) is 13.8 Å². The van der Waals surface area contributed by atoms with Crippen LogP contribution in [0.5, 0.6) is 0 Å². The van der Waals surface area contributed by atoms with Crippen molar-refractivity contribution in [2.45, 2.75) is 133 Å². The molecule has 3 N–H and O–H groups in total. The van der Waals surface area contributed by atoms with Crippen molar-refractivity contribution in [1.29, 1.82) is 0 Å². The fraction of sp³-hybridized carbons (Fsp3) is 0.781. The van der Waals surface area contributed by atoms with Gasteiger partial charge in [-0.2, -0.15) is 0 Å². The Morgan fingerprint density at radius 1 is 0.900 bits per heavy atom. The summed E-state index contributed by atoms with van der Waals surface area (Å²) in [6.45, 7) is 4.40. The van der Waals surface area contributed by atoms with E-state index >= 15 is 0 Å². The fourth-order valence-electron chi connectivity index (χ4n) is 9.53. The molecule has 0 radical (unpaired) electrons. The van der Waals surface area contributed by atoms with E-state index in [0.29, 0.717) is 44.9 Å². The molecule has 4 aliphatic rings. The molecule has 1 aromatic heterocycles. The molecule has 8 atom stereocenters. The number of aliphatic carboxylic acids is 1. The van der Waals surface area contributed by atoms with Crippen LogP contribution in [-0.4, -0.2) is 44.6 Å². The van der Waals surface area contributed by atoms with Gasteiger partial charge in [0.2, 0.25) is 0 Å². The van der Waals surface area contributed by atoms with Gasteiger partial charge in [-0.1, -0.05) is 26.7 Å². The predicted octanol–water partition coefficient (Wildman–Crippen LogP) is 5.33. The molecular weight excluding hydrogens is 512 g/mol. The Morgan fingerprint density at radius 2 is 1.60 bits per heavy atom. The summed E-state index contributed by atoms with van der Waals surface area (Å²) < 4.78 is 11.0. The first-order valence-electron chi connectivity index (χ1n) is 15.4. The number of carbonyl (C=O) groups is 2. The molecule has 8 unspecified atom stereocenters. The number of hydrogen-bond donors (Lipinski definition) is 3. The van der Waals surface area contributed by atoms with E-state index in [0.717, 1.165) is 50.5 Å².